The van der Waals surface area contributed by atoms with Crippen molar-refractivity contribution in [2.24, 2.45) is 7.05 Å². The second-order valence-electron chi connectivity index (χ2n) is 3.30. The molecule has 0 fully saturated rings. The minimum absolute atomic E-state index is 0.394. The van der Waals surface area contributed by atoms with E-state index in [9.17, 15) is 15.0 Å². The second-order valence-corrected chi connectivity index (χ2v) is 3.74. The first-order chi connectivity index (χ1) is 7.52. The molecular formula is C10H9ClN2O3. The summed E-state index contributed by atoms with van der Waals surface area (Å²) in [6, 6.07) is 6.41. The summed E-state index contributed by atoms with van der Waals surface area (Å²) >= 11 is 5.78. The zero-order valence-electron chi connectivity index (χ0n) is 8.38. The summed E-state index contributed by atoms with van der Waals surface area (Å²) in [6.07, 6.45) is 0. The van der Waals surface area contributed by atoms with E-state index in [1.54, 1.807) is 18.2 Å². The third-order valence-corrected chi connectivity index (χ3v) is 2.51. The van der Waals surface area contributed by atoms with Crippen molar-refractivity contribution < 1.29 is 10.2 Å². The number of benzene rings is 1. The van der Waals surface area contributed by atoms with Crippen molar-refractivity contribution >= 4 is 11.6 Å². The maximum absolute atomic E-state index is 11.7. The SMILES string of the molecule is Cn1c(O)c(O)n(-c2cccc(Cl)c2)c1=O. The third kappa shape index (κ3) is 1.45. The molecule has 2 N–H and O–H groups in total. The minimum Gasteiger partial charge on any atom is -0.491 e. The summed E-state index contributed by atoms with van der Waals surface area (Å²) in [6.45, 7) is 0. The molecule has 5 nitrogen and oxygen atoms in total. The molecule has 0 aliphatic carbocycles. The zero-order chi connectivity index (χ0) is 11.9. The monoisotopic (exact) mass is 240 g/mol. The Kier molecular flexibility index (Phi) is 2.40. The molecule has 0 bridgehead atoms. The van der Waals surface area contributed by atoms with Crippen LogP contribution in [0.2, 0.25) is 5.02 Å². The Morgan fingerprint density at radius 1 is 1.25 bits per heavy atom. The van der Waals surface area contributed by atoms with Crippen LogP contribution in [-0.2, 0) is 7.05 Å². The quantitative estimate of drug-likeness (QED) is 0.788. The van der Waals surface area contributed by atoms with E-state index in [1.165, 1.54) is 13.1 Å². The van der Waals surface area contributed by atoms with E-state index in [-0.39, 0.29) is 0 Å². The molecular weight excluding hydrogens is 232 g/mol. The molecule has 2 aromatic rings. The Labute approximate surface area is 95.8 Å². The molecule has 0 spiro atoms. The van der Waals surface area contributed by atoms with Gasteiger partial charge in [0.15, 0.2) is 0 Å². The summed E-state index contributed by atoms with van der Waals surface area (Å²) in [5, 5.41) is 19.4. The molecule has 6 heteroatoms. The number of aromatic hydroxyl groups is 2. The molecule has 16 heavy (non-hydrogen) atoms. The molecule has 0 saturated carbocycles. The first kappa shape index (κ1) is 10.6. The molecule has 1 heterocycles. The largest absolute Gasteiger partial charge is 0.491 e. The molecule has 1 aromatic heterocycles. The third-order valence-electron chi connectivity index (χ3n) is 2.27. The molecule has 0 unspecified atom stereocenters. The van der Waals surface area contributed by atoms with E-state index in [0.29, 0.717) is 10.7 Å². The van der Waals surface area contributed by atoms with Crippen molar-refractivity contribution in [2.75, 3.05) is 0 Å². The average molecular weight is 241 g/mol. The fourth-order valence-corrected chi connectivity index (χ4v) is 1.61. The van der Waals surface area contributed by atoms with Crippen LogP contribution in [0.5, 0.6) is 11.8 Å². The minimum atomic E-state index is -0.544. The van der Waals surface area contributed by atoms with Crippen molar-refractivity contribution in [1.29, 1.82) is 0 Å². The van der Waals surface area contributed by atoms with Crippen molar-refractivity contribution in [3.63, 3.8) is 0 Å². The van der Waals surface area contributed by atoms with Crippen molar-refractivity contribution in [3.05, 3.63) is 39.8 Å². The van der Waals surface area contributed by atoms with E-state index >= 15 is 0 Å². The van der Waals surface area contributed by atoms with Crippen LogP contribution in [0.25, 0.3) is 5.69 Å². The molecule has 0 saturated heterocycles. The normalized spacial score (nSPS) is 10.6. The lowest BCUT2D eigenvalue weighted by Gasteiger charge is -2.02. The Morgan fingerprint density at radius 3 is 2.44 bits per heavy atom. The summed E-state index contributed by atoms with van der Waals surface area (Å²) in [4.78, 5) is 11.7. The molecule has 0 aliphatic rings. The highest BCUT2D eigenvalue weighted by Gasteiger charge is 2.17. The van der Waals surface area contributed by atoms with Crippen LogP contribution >= 0.6 is 11.6 Å². The Balaban J connectivity index is 2.75. The molecule has 84 valence electrons. The van der Waals surface area contributed by atoms with Crippen LogP contribution < -0.4 is 5.69 Å². The van der Waals surface area contributed by atoms with Crippen LogP contribution in [0.1, 0.15) is 0 Å². The van der Waals surface area contributed by atoms with Crippen LogP contribution in [0, 0.1) is 0 Å². The van der Waals surface area contributed by atoms with E-state index < -0.39 is 17.4 Å². The summed E-state index contributed by atoms with van der Waals surface area (Å²) in [7, 11) is 1.36. The van der Waals surface area contributed by atoms with Crippen LogP contribution in [0.15, 0.2) is 29.1 Å². The lowest BCUT2D eigenvalue weighted by atomic mass is 10.3. The van der Waals surface area contributed by atoms with E-state index in [2.05, 4.69) is 0 Å². The van der Waals surface area contributed by atoms with Crippen molar-refractivity contribution in [1.82, 2.24) is 9.13 Å². The van der Waals surface area contributed by atoms with Crippen LogP contribution in [-0.4, -0.2) is 19.3 Å². The number of hydrogen-bond acceptors (Lipinski definition) is 3. The van der Waals surface area contributed by atoms with Gasteiger partial charge in [-0.05, 0) is 18.2 Å². The fraction of sp³-hybridized carbons (Fsp3) is 0.100. The van der Waals surface area contributed by atoms with Gasteiger partial charge in [0.05, 0.1) is 5.69 Å². The summed E-state index contributed by atoms with van der Waals surface area (Å²) in [5.74, 6) is -0.986. The topological polar surface area (TPSA) is 67.4 Å². The zero-order valence-corrected chi connectivity index (χ0v) is 9.14. The molecule has 0 atom stereocenters. The highest BCUT2D eigenvalue weighted by Crippen LogP contribution is 2.26. The lowest BCUT2D eigenvalue weighted by Crippen LogP contribution is -2.20. The van der Waals surface area contributed by atoms with Gasteiger partial charge in [0.25, 0.3) is 11.8 Å². The van der Waals surface area contributed by atoms with Gasteiger partial charge in [-0.2, -0.15) is 0 Å². The van der Waals surface area contributed by atoms with E-state index in [4.69, 9.17) is 11.6 Å². The first-order valence-corrected chi connectivity index (χ1v) is 4.85. The molecule has 2 rings (SSSR count). The molecule has 1 aromatic carbocycles. The number of aromatic nitrogens is 2. The van der Waals surface area contributed by atoms with Gasteiger partial charge in [-0.1, -0.05) is 17.7 Å². The highest BCUT2D eigenvalue weighted by atomic mass is 35.5. The van der Waals surface area contributed by atoms with Gasteiger partial charge in [-0.15, -0.1) is 0 Å². The van der Waals surface area contributed by atoms with Crippen LogP contribution in [0.4, 0.5) is 0 Å². The maximum Gasteiger partial charge on any atom is 0.338 e. The molecule has 0 aliphatic heterocycles. The van der Waals surface area contributed by atoms with Crippen molar-refractivity contribution in [2.45, 2.75) is 0 Å². The first-order valence-electron chi connectivity index (χ1n) is 4.48. The van der Waals surface area contributed by atoms with Gasteiger partial charge >= 0.3 is 5.69 Å². The number of rotatable bonds is 1. The van der Waals surface area contributed by atoms with Gasteiger partial charge in [0, 0.05) is 12.1 Å². The molecule has 0 radical (unpaired) electrons. The number of nitrogens with zero attached hydrogens (tertiary/aromatic N) is 2. The van der Waals surface area contributed by atoms with Gasteiger partial charge in [0.1, 0.15) is 0 Å². The van der Waals surface area contributed by atoms with E-state index in [1.807, 2.05) is 0 Å². The predicted octanol–water partition coefficient (Wildman–Crippen LogP) is 1.24. The smallest absolute Gasteiger partial charge is 0.338 e. The summed E-state index contributed by atoms with van der Waals surface area (Å²) in [5.41, 5.74) is -0.150. The van der Waals surface area contributed by atoms with Crippen LogP contribution in [0.3, 0.4) is 0 Å². The van der Waals surface area contributed by atoms with Crippen molar-refractivity contribution in [3.8, 4) is 17.4 Å². The van der Waals surface area contributed by atoms with Gasteiger partial charge in [-0.25, -0.2) is 9.36 Å². The fourth-order valence-electron chi connectivity index (χ4n) is 1.43. The average Bonchev–Trinajstić information content (AvgIpc) is 2.44. The lowest BCUT2D eigenvalue weighted by molar-refractivity contribution is 0.369. The highest BCUT2D eigenvalue weighted by molar-refractivity contribution is 6.30. The molecule has 0 amide bonds. The Bertz CT molecular complexity index is 601. The standard InChI is InChI=1S/C10H9ClN2O3/c1-12-8(14)9(15)13(10(12)16)7-4-2-3-6(11)5-7/h2-5,14-15H,1H3. The summed E-state index contributed by atoms with van der Waals surface area (Å²) < 4.78 is 1.91. The Hall–Kier alpha value is -1.88. The predicted molar refractivity (Wildman–Crippen MR) is 59.3 cm³/mol. The Morgan fingerprint density at radius 2 is 1.94 bits per heavy atom. The van der Waals surface area contributed by atoms with Gasteiger partial charge in [-0.3, -0.25) is 4.57 Å². The van der Waals surface area contributed by atoms with E-state index in [0.717, 1.165) is 9.13 Å². The van der Waals surface area contributed by atoms with Gasteiger partial charge in [0.2, 0.25) is 0 Å². The number of imidazole rings is 1. The number of hydrogen-bond donors (Lipinski definition) is 2. The second kappa shape index (κ2) is 3.61. The number of halogens is 1. The van der Waals surface area contributed by atoms with Gasteiger partial charge < -0.3 is 10.2 Å². The maximum atomic E-state index is 11.7.